The van der Waals surface area contributed by atoms with Gasteiger partial charge in [0, 0.05) is 12.5 Å². The van der Waals surface area contributed by atoms with Gasteiger partial charge in [-0.3, -0.25) is 10.1 Å². The van der Waals surface area contributed by atoms with Crippen LogP contribution in [-0.4, -0.2) is 23.7 Å². The lowest BCUT2D eigenvalue weighted by Crippen LogP contribution is -2.34. The molecule has 1 aliphatic heterocycles. The van der Waals surface area contributed by atoms with Crippen LogP contribution in [0.4, 0.5) is 0 Å². The summed E-state index contributed by atoms with van der Waals surface area (Å²) in [6, 6.07) is 6.81. The summed E-state index contributed by atoms with van der Waals surface area (Å²) in [5.74, 6) is 0.0483. The molecular formula is C12H15NO3. The Morgan fingerprint density at radius 2 is 2.38 bits per heavy atom. The zero-order valence-electron chi connectivity index (χ0n) is 9.14. The van der Waals surface area contributed by atoms with E-state index in [1.807, 2.05) is 13.0 Å². The molecule has 1 heterocycles. The number of carbonyl (C=O) groups is 1. The van der Waals surface area contributed by atoms with Gasteiger partial charge in [-0.05, 0) is 24.6 Å². The maximum atomic E-state index is 11.3. The Kier molecular flexibility index (Phi) is 3.10. The molecule has 4 nitrogen and oxygen atoms in total. The van der Waals surface area contributed by atoms with Crippen molar-refractivity contribution in [3.05, 3.63) is 29.8 Å². The van der Waals surface area contributed by atoms with Crippen LogP contribution in [0.15, 0.2) is 24.3 Å². The summed E-state index contributed by atoms with van der Waals surface area (Å²) in [5.41, 5.74) is 0.958. The lowest BCUT2D eigenvalue weighted by molar-refractivity contribution is -0.139. The predicted molar refractivity (Wildman–Crippen MR) is 59.0 cm³/mol. The van der Waals surface area contributed by atoms with Crippen LogP contribution in [-0.2, 0) is 9.53 Å². The van der Waals surface area contributed by atoms with Crippen molar-refractivity contribution in [2.75, 3.05) is 6.61 Å². The largest absolute Gasteiger partial charge is 0.508 e. The third-order valence-electron chi connectivity index (χ3n) is 2.76. The zero-order chi connectivity index (χ0) is 11.5. The first-order valence-corrected chi connectivity index (χ1v) is 5.38. The Morgan fingerprint density at radius 3 is 3.00 bits per heavy atom. The SMILES string of the molecule is CC(NC1CCOC1=O)c1cccc(O)c1. The molecule has 2 atom stereocenters. The molecule has 0 radical (unpaired) electrons. The molecule has 0 bridgehead atoms. The van der Waals surface area contributed by atoms with Crippen molar-refractivity contribution in [3.63, 3.8) is 0 Å². The van der Waals surface area contributed by atoms with Crippen LogP contribution in [0.2, 0.25) is 0 Å². The van der Waals surface area contributed by atoms with Crippen molar-refractivity contribution in [3.8, 4) is 5.75 Å². The maximum absolute atomic E-state index is 11.3. The first-order chi connectivity index (χ1) is 7.66. The minimum atomic E-state index is -0.225. The Hall–Kier alpha value is -1.55. The van der Waals surface area contributed by atoms with Crippen molar-refractivity contribution in [2.45, 2.75) is 25.4 Å². The van der Waals surface area contributed by atoms with E-state index in [0.717, 1.165) is 5.56 Å². The van der Waals surface area contributed by atoms with Gasteiger partial charge in [0.05, 0.1) is 6.61 Å². The van der Waals surface area contributed by atoms with E-state index in [1.54, 1.807) is 18.2 Å². The van der Waals surface area contributed by atoms with Crippen LogP contribution in [0.25, 0.3) is 0 Å². The fourth-order valence-electron chi connectivity index (χ4n) is 1.84. The molecule has 2 rings (SSSR count). The summed E-state index contributed by atoms with van der Waals surface area (Å²) in [6.45, 7) is 2.45. The van der Waals surface area contributed by atoms with Crippen LogP contribution >= 0.6 is 0 Å². The van der Waals surface area contributed by atoms with E-state index in [-0.39, 0.29) is 23.8 Å². The molecule has 1 aliphatic rings. The topological polar surface area (TPSA) is 58.6 Å². The number of hydrogen-bond donors (Lipinski definition) is 2. The second kappa shape index (κ2) is 4.53. The highest BCUT2D eigenvalue weighted by molar-refractivity contribution is 5.77. The molecule has 86 valence electrons. The summed E-state index contributed by atoms with van der Waals surface area (Å²) in [7, 11) is 0. The van der Waals surface area contributed by atoms with Gasteiger partial charge in [0.2, 0.25) is 0 Å². The lowest BCUT2D eigenvalue weighted by atomic mass is 10.1. The highest BCUT2D eigenvalue weighted by Gasteiger charge is 2.27. The highest BCUT2D eigenvalue weighted by Crippen LogP contribution is 2.19. The molecule has 0 amide bonds. The van der Waals surface area contributed by atoms with Gasteiger partial charge in [-0.2, -0.15) is 0 Å². The van der Waals surface area contributed by atoms with Crippen molar-refractivity contribution in [1.29, 1.82) is 0 Å². The monoisotopic (exact) mass is 221 g/mol. The Labute approximate surface area is 94.2 Å². The van der Waals surface area contributed by atoms with Gasteiger partial charge in [0.25, 0.3) is 0 Å². The molecule has 0 saturated carbocycles. The van der Waals surface area contributed by atoms with Gasteiger partial charge in [0.1, 0.15) is 11.8 Å². The third kappa shape index (κ3) is 2.33. The molecule has 1 saturated heterocycles. The number of esters is 1. The Balaban J connectivity index is 2.02. The van der Waals surface area contributed by atoms with Crippen LogP contribution in [0.1, 0.15) is 24.9 Å². The average molecular weight is 221 g/mol. The molecule has 1 aromatic rings. The predicted octanol–water partition coefficient (Wildman–Crippen LogP) is 1.36. The summed E-state index contributed by atoms with van der Waals surface area (Å²) in [4.78, 5) is 11.3. The van der Waals surface area contributed by atoms with Crippen molar-refractivity contribution < 1.29 is 14.6 Å². The fourth-order valence-corrected chi connectivity index (χ4v) is 1.84. The second-order valence-corrected chi connectivity index (χ2v) is 3.99. The van der Waals surface area contributed by atoms with Gasteiger partial charge >= 0.3 is 5.97 Å². The van der Waals surface area contributed by atoms with E-state index >= 15 is 0 Å². The third-order valence-corrected chi connectivity index (χ3v) is 2.76. The molecule has 4 heteroatoms. The minimum absolute atomic E-state index is 0.0164. The fraction of sp³-hybridized carbons (Fsp3) is 0.417. The van der Waals surface area contributed by atoms with E-state index in [1.165, 1.54) is 0 Å². The van der Waals surface area contributed by atoms with E-state index in [2.05, 4.69) is 5.32 Å². The number of carbonyl (C=O) groups excluding carboxylic acids is 1. The minimum Gasteiger partial charge on any atom is -0.508 e. The standard InChI is InChI=1S/C12H15NO3/c1-8(9-3-2-4-10(14)7-9)13-11-5-6-16-12(11)15/h2-4,7-8,11,13-14H,5-6H2,1H3. The first kappa shape index (κ1) is 11.0. The summed E-state index contributed by atoms with van der Waals surface area (Å²) in [5, 5.41) is 12.5. The molecule has 0 aliphatic carbocycles. The second-order valence-electron chi connectivity index (χ2n) is 3.99. The van der Waals surface area contributed by atoms with E-state index in [4.69, 9.17) is 4.74 Å². The van der Waals surface area contributed by atoms with Crippen LogP contribution < -0.4 is 5.32 Å². The normalized spacial score (nSPS) is 21.8. The van der Waals surface area contributed by atoms with Gasteiger partial charge < -0.3 is 9.84 Å². The number of phenols is 1. The summed E-state index contributed by atoms with van der Waals surface area (Å²) >= 11 is 0. The molecule has 0 aromatic heterocycles. The maximum Gasteiger partial charge on any atom is 0.323 e. The number of rotatable bonds is 3. The number of cyclic esters (lactones) is 1. The quantitative estimate of drug-likeness (QED) is 0.757. The number of benzene rings is 1. The van der Waals surface area contributed by atoms with E-state index < -0.39 is 0 Å². The summed E-state index contributed by atoms with van der Waals surface area (Å²) < 4.78 is 4.88. The highest BCUT2D eigenvalue weighted by atomic mass is 16.5. The Bertz CT molecular complexity index is 392. The number of ether oxygens (including phenoxy) is 1. The van der Waals surface area contributed by atoms with Crippen LogP contribution in [0.5, 0.6) is 5.75 Å². The molecule has 0 spiro atoms. The molecule has 1 aromatic carbocycles. The molecule has 1 fully saturated rings. The first-order valence-electron chi connectivity index (χ1n) is 5.38. The lowest BCUT2D eigenvalue weighted by Gasteiger charge is -2.17. The number of aromatic hydroxyl groups is 1. The number of hydrogen-bond acceptors (Lipinski definition) is 4. The van der Waals surface area contributed by atoms with Crippen molar-refractivity contribution in [2.24, 2.45) is 0 Å². The molecule has 16 heavy (non-hydrogen) atoms. The molecule has 2 N–H and O–H groups in total. The van der Waals surface area contributed by atoms with Gasteiger partial charge in [0.15, 0.2) is 0 Å². The molecular weight excluding hydrogens is 206 g/mol. The number of phenolic OH excluding ortho intramolecular Hbond substituents is 1. The van der Waals surface area contributed by atoms with Crippen molar-refractivity contribution >= 4 is 5.97 Å². The average Bonchev–Trinajstić information content (AvgIpc) is 2.64. The van der Waals surface area contributed by atoms with Crippen LogP contribution in [0.3, 0.4) is 0 Å². The van der Waals surface area contributed by atoms with Crippen LogP contribution in [0, 0.1) is 0 Å². The van der Waals surface area contributed by atoms with E-state index in [0.29, 0.717) is 13.0 Å². The number of nitrogens with one attached hydrogen (secondary N) is 1. The molecule has 2 unspecified atom stereocenters. The van der Waals surface area contributed by atoms with E-state index in [9.17, 15) is 9.90 Å². The Morgan fingerprint density at radius 1 is 1.56 bits per heavy atom. The zero-order valence-corrected chi connectivity index (χ0v) is 9.14. The van der Waals surface area contributed by atoms with Gasteiger partial charge in [-0.15, -0.1) is 0 Å². The van der Waals surface area contributed by atoms with Crippen molar-refractivity contribution in [1.82, 2.24) is 5.32 Å². The smallest absolute Gasteiger partial charge is 0.323 e. The van der Waals surface area contributed by atoms with Gasteiger partial charge in [-0.25, -0.2) is 0 Å². The summed E-state index contributed by atoms with van der Waals surface area (Å²) in [6.07, 6.45) is 0.710. The van der Waals surface area contributed by atoms with Gasteiger partial charge in [-0.1, -0.05) is 12.1 Å².